The first kappa shape index (κ1) is 14.7. The van der Waals surface area contributed by atoms with Crippen molar-refractivity contribution in [1.82, 2.24) is 20.2 Å². The molecule has 0 amide bonds. The molecule has 3 rings (SSSR count). The van der Waals surface area contributed by atoms with E-state index in [4.69, 9.17) is 4.74 Å². The largest absolute Gasteiger partial charge is 0.468 e. The third-order valence-electron chi connectivity index (χ3n) is 2.86. The summed E-state index contributed by atoms with van der Waals surface area (Å²) in [6.45, 7) is 0. The van der Waals surface area contributed by atoms with Gasteiger partial charge in [0, 0.05) is 6.20 Å². The second-order valence-corrected chi connectivity index (χ2v) is 6.11. The number of aromatic amines is 1. The van der Waals surface area contributed by atoms with Gasteiger partial charge in [0.2, 0.25) is 5.16 Å². The Kier molecular flexibility index (Phi) is 4.50. The van der Waals surface area contributed by atoms with Gasteiger partial charge >= 0.3 is 5.97 Å². The molecule has 1 atom stereocenters. The summed E-state index contributed by atoms with van der Waals surface area (Å²) in [5, 5.41) is 10.8. The Hall–Kier alpha value is -2.19. The first-order valence-electron chi connectivity index (χ1n) is 6.38. The van der Waals surface area contributed by atoms with E-state index in [-0.39, 0.29) is 5.97 Å². The summed E-state index contributed by atoms with van der Waals surface area (Å²) >= 11 is 2.77. The van der Waals surface area contributed by atoms with E-state index >= 15 is 0 Å². The molecule has 0 fully saturated rings. The van der Waals surface area contributed by atoms with Crippen molar-refractivity contribution < 1.29 is 9.53 Å². The van der Waals surface area contributed by atoms with E-state index in [0.717, 1.165) is 5.56 Å². The Labute approximate surface area is 135 Å². The average molecular weight is 332 g/mol. The quantitative estimate of drug-likeness (QED) is 0.571. The molecule has 0 aliphatic carbocycles. The number of carbonyl (C=O) groups excluding carboxylic acids is 1. The Morgan fingerprint density at radius 1 is 1.41 bits per heavy atom. The fraction of sp³-hybridized carbons (Fsp3) is 0.143. The molecule has 0 unspecified atom stereocenters. The first-order chi connectivity index (χ1) is 10.8. The molecule has 3 heterocycles. The van der Waals surface area contributed by atoms with Crippen molar-refractivity contribution >= 4 is 29.1 Å². The molecule has 8 heteroatoms. The smallest absolute Gasteiger partial charge is 0.323 e. The van der Waals surface area contributed by atoms with E-state index in [9.17, 15) is 4.79 Å². The highest BCUT2D eigenvalue weighted by atomic mass is 32.2. The van der Waals surface area contributed by atoms with Crippen LogP contribution < -0.4 is 0 Å². The molecule has 0 saturated carbocycles. The van der Waals surface area contributed by atoms with E-state index in [1.165, 1.54) is 30.2 Å². The van der Waals surface area contributed by atoms with Gasteiger partial charge in [-0.2, -0.15) is 16.3 Å². The van der Waals surface area contributed by atoms with Crippen molar-refractivity contribution in [3.63, 3.8) is 0 Å². The van der Waals surface area contributed by atoms with Crippen LogP contribution >= 0.6 is 23.1 Å². The molecule has 22 heavy (non-hydrogen) atoms. The van der Waals surface area contributed by atoms with Crippen LogP contribution in [0, 0.1) is 0 Å². The number of pyridine rings is 1. The van der Waals surface area contributed by atoms with Gasteiger partial charge in [0.15, 0.2) is 5.82 Å². The number of methoxy groups -OCH3 is 1. The van der Waals surface area contributed by atoms with E-state index < -0.39 is 5.25 Å². The highest BCUT2D eigenvalue weighted by Crippen LogP contribution is 2.35. The summed E-state index contributed by atoms with van der Waals surface area (Å²) in [4.78, 5) is 20.6. The van der Waals surface area contributed by atoms with E-state index in [0.29, 0.717) is 16.7 Å². The van der Waals surface area contributed by atoms with Gasteiger partial charge in [0.25, 0.3) is 0 Å². The third-order valence-corrected chi connectivity index (χ3v) is 4.65. The van der Waals surface area contributed by atoms with Crippen LogP contribution in [0.4, 0.5) is 0 Å². The number of esters is 1. The van der Waals surface area contributed by atoms with Crippen molar-refractivity contribution in [3.05, 3.63) is 46.8 Å². The molecular weight excluding hydrogens is 320 g/mol. The second kappa shape index (κ2) is 6.71. The van der Waals surface area contributed by atoms with Gasteiger partial charge in [-0.05, 0) is 34.5 Å². The number of thiophene rings is 1. The molecule has 6 nitrogen and oxygen atoms in total. The molecular formula is C14H12N4O2S2. The van der Waals surface area contributed by atoms with Gasteiger partial charge in [0.05, 0.1) is 7.11 Å². The average Bonchev–Trinajstić information content (AvgIpc) is 3.24. The van der Waals surface area contributed by atoms with Gasteiger partial charge in [-0.15, -0.1) is 5.10 Å². The molecule has 3 aromatic rings. The lowest BCUT2D eigenvalue weighted by Gasteiger charge is -2.10. The van der Waals surface area contributed by atoms with Gasteiger partial charge in [-0.25, -0.2) is 0 Å². The Bertz CT molecular complexity index is 743. The van der Waals surface area contributed by atoms with Crippen molar-refractivity contribution in [1.29, 1.82) is 0 Å². The molecule has 1 N–H and O–H groups in total. The monoisotopic (exact) mass is 332 g/mol. The molecule has 3 aromatic heterocycles. The lowest BCUT2D eigenvalue weighted by atomic mass is 10.2. The molecule has 0 radical (unpaired) electrons. The zero-order valence-electron chi connectivity index (χ0n) is 11.6. The normalized spacial score (nSPS) is 12.0. The topological polar surface area (TPSA) is 80.8 Å². The Morgan fingerprint density at radius 3 is 3.00 bits per heavy atom. The minimum atomic E-state index is -0.483. The summed E-state index contributed by atoms with van der Waals surface area (Å²) in [6.07, 6.45) is 1.69. The minimum Gasteiger partial charge on any atom is -0.468 e. The summed E-state index contributed by atoms with van der Waals surface area (Å²) in [5.41, 5.74) is 1.58. The van der Waals surface area contributed by atoms with Crippen LogP contribution in [0.2, 0.25) is 0 Å². The predicted molar refractivity (Wildman–Crippen MR) is 84.5 cm³/mol. The van der Waals surface area contributed by atoms with Crippen molar-refractivity contribution in [3.8, 4) is 11.5 Å². The molecule has 0 bridgehead atoms. The fourth-order valence-electron chi connectivity index (χ4n) is 1.81. The van der Waals surface area contributed by atoms with Crippen molar-refractivity contribution in [2.45, 2.75) is 10.4 Å². The summed E-state index contributed by atoms with van der Waals surface area (Å²) < 4.78 is 4.87. The van der Waals surface area contributed by atoms with Crippen LogP contribution in [0.25, 0.3) is 11.5 Å². The maximum absolute atomic E-state index is 12.0. The fourth-order valence-corrected chi connectivity index (χ4v) is 3.51. The SMILES string of the molecule is COC(=O)[C@@H](Sc1n[nH]c(-c2ccccn2)n1)c1ccsc1. The maximum atomic E-state index is 12.0. The molecule has 0 saturated heterocycles. The standard InChI is InChI=1S/C14H12N4O2S2/c1-20-13(19)11(9-5-7-21-8-9)22-14-16-12(17-18-14)10-4-2-3-6-15-10/h2-8,11H,1H3,(H,16,17,18)/t11-/m0/s1. The van der Waals surface area contributed by atoms with Crippen molar-refractivity contribution in [2.75, 3.05) is 7.11 Å². The maximum Gasteiger partial charge on any atom is 0.323 e. The number of H-pyrrole nitrogens is 1. The van der Waals surface area contributed by atoms with Crippen molar-refractivity contribution in [2.24, 2.45) is 0 Å². The number of aromatic nitrogens is 4. The second-order valence-electron chi connectivity index (χ2n) is 4.26. The van der Waals surface area contributed by atoms with E-state index in [1.807, 2.05) is 35.0 Å². The van der Waals surface area contributed by atoms with E-state index in [1.54, 1.807) is 6.20 Å². The van der Waals surface area contributed by atoms with Crippen LogP contribution in [-0.2, 0) is 9.53 Å². The van der Waals surface area contributed by atoms with Crippen LogP contribution in [0.3, 0.4) is 0 Å². The van der Waals surface area contributed by atoms with Gasteiger partial charge in [0.1, 0.15) is 10.9 Å². The lowest BCUT2D eigenvalue weighted by Crippen LogP contribution is -2.10. The number of thioether (sulfide) groups is 1. The van der Waals surface area contributed by atoms with Gasteiger partial charge in [-0.3, -0.25) is 14.9 Å². The minimum absolute atomic E-state index is 0.326. The number of carbonyl (C=O) groups is 1. The van der Waals surface area contributed by atoms with Crippen LogP contribution in [-0.4, -0.2) is 33.2 Å². The molecule has 0 spiro atoms. The van der Waals surface area contributed by atoms with Crippen LogP contribution in [0.15, 0.2) is 46.4 Å². The lowest BCUT2D eigenvalue weighted by molar-refractivity contribution is -0.140. The van der Waals surface area contributed by atoms with Crippen LogP contribution in [0.5, 0.6) is 0 Å². The molecule has 112 valence electrons. The number of hydrogen-bond acceptors (Lipinski definition) is 7. The highest BCUT2D eigenvalue weighted by Gasteiger charge is 2.25. The molecule has 0 aliphatic heterocycles. The number of hydrogen-bond donors (Lipinski definition) is 1. The van der Waals surface area contributed by atoms with Gasteiger partial charge < -0.3 is 4.74 Å². The zero-order chi connectivity index (χ0) is 15.4. The summed E-state index contributed by atoms with van der Waals surface area (Å²) in [6, 6.07) is 7.44. The molecule has 0 aliphatic rings. The van der Waals surface area contributed by atoms with E-state index in [2.05, 4.69) is 20.2 Å². The number of rotatable bonds is 5. The highest BCUT2D eigenvalue weighted by molar-refractivity contribution is 8.00. The first-order valence-corrected chi connectivity index (χ1v) is 8.20. The van der Waals surface area contributed by atoms with Crippen LogP contribution in [0.1, 0.15) is 10.8 Å². The van der Waals surface area contributed by atoms with Gasteiger partial charge in [-0.1, -0.05) is 17.8 Å². The number of ether oxygens (including phenoxy) is 1. The Balaban J connectivity index is 1.82. The molecule has 0 aromatic carbocycles. The zero-order valence-corrected chi connectivity index (χ0v) is 13.2. The Morgan fingerprint density at radius 2 is 2.32 bits per heavy atom. The summed E-state index contributed by atoms with van der Waals surface area (Å²) in [5.74, 6) is 0.240. The predicted octanol–water partition coefficient (Wildman–Crippen LogP) is 2.93. The summed E-state index contributed by atoms with van der Waals surface area (Å²) in [7, 11) is 1.37. The third kappa shape index (κ3) is 3.18. The number of nitrogens with one attached hydrogen (secondary N) is 1. The number of nitrogens with zero attached hydrogens (tertiary/aromatic N) is 3.